The summed E-state index contributed by atoms with van der Waals surface area (Å²) >= 11 is 0. The molecule has 0 N–H and O–H groups in total. The smallest absolute Gasteiger partial charge is 0.150 e. The van der Waals surface area contributed by atoms with Crippen LogP contribution in [0.5, 0.6) is 0 Å². The highest BCUT2D eigenvalue weighted by atomic mass is 16.1. The van der Waals surface area contributed by atoms with Crippen molar-refractivity contribution in [1.29, 1.82) is 0 Å². The summed E-state index contributed by atoms with van der Waals surface area (Å²) in [6.07, 6.45) is 4.40. The summed E-state index contributed by atoms with van der Waals surface area (Å²) < 4.78 is 0. The van der Waals surface area contributed by atoms with E-state index in [0.717, 1.165) is 22.6 Å². The maximum atomic E-state index is 11.0. The van der Waals surface area contributed by atoms with Gasteiger partial charge in [0.25, 0.3) is 0 Å². The maximum absolute atomic E-state index is 11.0. The molecule has 0 spiro atoms. The Morgan fingerprint density at radius 2 is 2.06 bits per heavy atom. The zero-order valence-electron chi connectivity index (χ0n) is 9.65. The van der Waals surface area contributed by atoms with E-state index in [-0.39, 0.29) is 6.54 Å². The van der Waals surface area contributed by atoms with Crippen LogP contribution in [-0.2, 0) is 0 Å². The van der Waals surface area contributed by atoms with E-state index in [1.807, 2.05) is 36.4 Å². The average molecular weight is 237 g/mol. The predicted octanol–water partition coefficient (Wildman–Crippen LogP) is 3.98. The lowest BCUT2D eigenvalue weighted by molar-refractivity contribution is 0.112. The lowest BCUT2D eigenvalue weighted by Gasteiger charge is -2.05. The van der Waals surface area contributed by atoms with Gasteiger partial charge in [-0.05, 0) is 21.9 Å². The normalized spacial score (nSPS) is 10.4. The minimum absolute atomic E-state index is 0.276. The predicted molar refractivity (Wildman–Crippen MR) is 72.4 cm³/mol. The molecule has 18 heavy (non-hydrogen) atoms. The molecule has 2 rings (SSSR count). The van der Waals surface area contributed by atoms with Crippen LogP contribution in [-0.4, -0.2) is 12.8 Å². The SMILES string of the molecule is [N-]=[N+]=NCC=Cc1c(C=O)ccc2ccccc12. The van der Waals surface area contributed by atoms with Crippen LogP contribution < -0.4 is 0 Å². The second-order valence-electron chi connectivity index (χ2n) is 3.72. The van der Waals surface area contributed by atoms with E-state index in [4.69, 9.17) is 5.53 Å². The van der Waals surface area contributed by atoms with E-state index < -0.39 is 0 Å². The number of hydrogen-bond donors (Lipinski definition) is 0. The van der Waals surface area contributed by atoms with E-state index in [2.05, 4.69) is 10.0 Å². The van der Waals surface area contributed by atoms with Gasteiger partial charge in [-0.3, -0.25) is 4.79 Å². The van der Waals surface area contributed by atoms with Crippen LogP contribution in [0.25, 0.3) is 27.3 Å². The number of azide groups is 1. The second-order valence-corrected chi connectivity index (χ2v) is 3.72. The largest absolute Gasteiger partial charge is 0.298 e. The van der Waals surface area contributed by atoms with Gasteiger partial charge >= 0.3 is 0 Å². The van der Waals surface area contributed by atoms with E-state index in [0.29, 0.717) is 5.56 Å². The van der Waals surface area contributed by atoms with Crippen LogP contribution in [0.15, 0.2) is 47.6 Å². The molecule has 0 amide bonds. The number of nitrogens with zero attached hydrogens (tertiary/aromatic N) is 3. The first-order chi connectivity index (χ1) is 8.86. The summed E-state index contributed by atoms with van der Waals surface area (Å²) in [4.78, 5) is 13.7. The van der Waals surface area contributed by atoms with E-state index >= 15 is 0 Å². The quantitative estimate of drug-likeness (QED) is 0.343. The molecule has 0 aliphatic heterocycles. The lowest BCUT2D eigenvalue weighted by atomic mass is 9.99. The monoisotopic (exact) mass is 237 g/mol. The van der Waals surface area contributed by atoms with Crippen molar-refractivity contribution >= 4 is 23.1 Å². The molecule has 4 heteroatoms. The van der Waals surface area contributed by atoms with E-state index in [1.165, 1.54) is 0 Å². The van der Waals surface area contributed by atoms with Gasteiger partial charge in [-0.25, -0.2) is 0 Å². The second kappa shape index (κ2) is 5.66. The van der Waals surface area contributed by atoms with Crippen molar-refractivity contribution in [3.05, 3.63) is 64.0 Å². The number of carbonyl (C=O) groups excluding carboxylic acids is 1. The van der Waals surface area contributed by atoms with Crippen LogP contribution in [0.1, 0.15) is 15.9 Å². The average Bonchev–Trinajstić information content (AvgIpc) is 2.43. The van der Waals surface area contributed by atoms with Gasteiger partial charge in [-0.2, -0.15) is 0 Å². The molecule has 0 aliphatic rings. The summed E-state index contributed by atoms with van der Waals surface area (Å²) in [5.41, 5.74) is 9.69. The molecule has 0 heterocycles. The summed E-state index contributed by atoms with van der Waals surface area (Å²) in [7, 11) is 0. The molecule has 2 aromatic rings. The summed E-state index contributed by atoms with van der Waals surface area (Å²) in [6.45, 7) is 0.276. The van der Waals surface area contributed by atoms with Crippen LogP contribution >= 0.6 is 0 Å². The van der Waals surface area contributed by atoms with Crippen molar-refractivity contribution in [2.45, 2.75) is 0 Å². The van der Waals surface area contributed by atoms with E-state index in [1.54, 1.807) is 12.1 Å². The molecule has 0 aliphatic carbocycles. The molecular weight excluding hydrogens is 226 g/mol. The summed E-state index contributed by atoms with van der Waals surface area (Å²) in [5, 5.41) is 5.52. The molecule has 0 radical (unpaired) electrons. The molecule has 0 aromatic heterocycles. The first-order valence-electron chi connectivity index (χ1n) is 5.51. The van der Waals surface area contributed by atoms with Crippen molar-refractivity contribution in [3.8, 4) is 0 Å². The molecule has 0 fully saturated rings. The van der Waals surface area contributed by atoms with E-state index in [9.17, 15) is 4.79 Å². The molecular formula is C14H11N3O. The third-order valence-electron chi connectivity index (χ3n) is 2.67. The van der Waals surface area contributed by atoms with Gasteiger partial charge in [0, 0.05) is 17.0 Å². The Morgan fingerprint density at radius 3 is 2.83 bits per heavy atom. The van der Waals surface area contributed by atoms with Gasteiger partial charge in [0.1, 0.15) is 0 Å². The van der Waals surface area contributed by atoms with Gasteiger partial charge in [-0.15, -0.1) is 0 Å². The summed E-state index contributed by atoms with van der Waals surface area (Å²) in [6, 6.07) is 11.6. The molecule has 2 aromatic carbocycles. The minimum atomic E-state index is 0.276. The van der Waals surface area contributed by atoms with Crippen molar-refractivity contribution in [2.24, 2.45) is 5.11 Å². The standard InChI is InChI=1S/C14H11N3O/c15-17-16-9-3-6-14-12(10-18)8-7-11-4-1-2-5-13(11)14/h1-8,10H,9H2. The molecule has 0 atom stereocenters. The number of fused-ring (bicyclic) bond motifs is 1. The molecule has 88 valence electrons. The molecule has 0 saturated carbocycles. The minimum Gasteiger partial charge on any atom is -0.298 e. The fourth-order valence-corrected chi connectivity index (χ4v) is 1.86. The molecule has 0 bridgehead atoms. The van der Waals surface area contributed by atoms with Crippen molar-refractivity contribution in [2.75, 3.05) is 6.54 Å². The van der Waals surface area contributed by atoms with Gasteiger partial charge in [0.2, 0.25) is 0 Å². The van der Waals surface area contributed by atoms with Crippen molar-refractivity contribution in [3.63, 3.8) is 0 Å². The fraction of sp³-hybridized carbons (Fsp3) is 0.0714. The van der Waals surface area contributed by atoms with Crippen LogP contribution in [0, 0.1) is 0 Å². The van der Waals surface area contributed by atoms with Gasteiger partial charge in [-0.1, -0.05) is 53.7 Å². The fourth-order valence-electron chi connectivity index (χ4n) is 1.86. The number of aldehydes is 1. The Labute approximate surface area is 104 Å². The Bertz CT molecular complexity index is 655. The molecule has 0 saturated heterocycles. The van der Waals surface area contributed by atoms with Crippen LogP contribution in [0.2, 0.25) is 0 Å². The third-order valence-corrected chi connectivity index (χ3v) is 2.67. The Hall–Kier alpha value is -2.58. The number of benzene rings is 2. The molecule has 4 nitrogen and oxygen atoms in total. The van der Waals surface area contributed by atoms with Gasteiger partial charge < -0.3 is 0 Å². The Kier molecular flexibility index (Phi) is 3.74. The zero-order valence-corrected chi connectivity index (χ0v) is 9.65. The zero-order chi connectivity index (χ0) is 12.8. The topological polar surface area (TPSA) is 65.8 Å². The highest BCUT2D eigenvalue weighted by Gasteiger charge is 2.03. The Morgan fingerprint density at radius 1 is 1.22 bits per heavy atom. The first-order valence-corrected chi connectivity index (χ1v) is 5.51. The number of rotatable bonds is 4. The lowest BCUT2D eigenvalue weighted by Crippen LogP contribution is -1.88. The molecule has 0 unspecified atom stereocenters. The summed E-state index contributed by atoms with van der Waals surface area (Å²) in [5.74, 6) is 0. The highest BCUT2D eigenvalue weighted by molar-refractivity contribution is 5.98. The van der Waals surface area contributed by atoms with Crippen molar-refractivity contribution in [1.82, 2.24) is 0 Å². The van der Waals surface area contributed by atoms with Crippen LogP contribution in [0.4, 0.5) is 0 Å². The third kappa shape index (κ3) is 2.39. The number of carbonyl (C=O) groups is 1. The van der Waals surface area contributed by atoms with Gasteiger partial charge in [0.05, 0.1) is 0 Å². The Balaban J connectivity index is 2.54. The maximum Gasteiger partial charge on any atom is 0.150 e. The van der Waals surface area contributed by atoms with Crippen molar-refractivity contribution < 1.29 is 4.79 Å². The van der Waals surface area contributed by atoms with Crippen LogP contribution in [0.3, 0.4) is 0 Å². The number of hydrogen-bond acceptors (Lipinski definition) is 2. The van der Waals surface area contributed by atoms with Gasteiger partial charge in [0.15, 0.2) is 6.29 Å². The highest BCUT2D eigenvalue weighted by Crippen LogP contribution is 2.22. The first kappa shape index (κ1) is 11.9.